The van der Waals surface area contributed by atoms with Crippen LogP contribution >= 0.6 is 0 Å². The first-order chi connectivity index (χ1) is 13.1. The molecular weight excluding hydrogens is 338 g/mol. The first kappa shape index (κ1) is 16.8. The van der Waals surface area contributed by atoms with Crippen molar-refractivity contribution in [2.45, 2.75) is 13.8 Å². The summed E-state index contributed by atoms with van der Waals surface area (Å²) in [5, 5.41) is 6.79. The Morgan fingerprint density at radius 2 is 1.59 bits per heavy atom. The third kappa shape index (κ3) is 3.40. The Bertz CT molecular complexity index is 1130. The summed E-state index contributed by atoms with van der Waals surface area (Å²) in [7, 11) is 0. The summed E-state index contributed by atoms with van der Waals surface area (Å²) < 4.78 is 7.43. The molecule has 0 spiro atoms. The van der Waals surface area contributed by atoms with Gasteiger partial charge in [-0.2, -0.15) is 5.10 Å². The molecule has 0 saturated heterocycles. The highest BCUT2D eigenvalue weighted by atomic mass is 16.5. The molecule has 0 fully saturated rings. The minimum Gasteiger partial charge on any atom is -0.457 e. The summed E-state index contributed by atoms with van der Waals surface area (Å²) in [6.07, 6.45) is 0. The van der Waals surface area contributed by atoms with Crippen molar-refractivity contribution in [3.8, 4) is 28.6 Å². The second-order valence-corrected chi connectivity index (χ2v) is 6.42. The number of nitrogens with one attached hydrogen (secondary N) is 1. The van der Waals surface area contributed by atoms with E-state index in [0.717, 1.165) is 33.9 Å². The fourth-order valence-corrected chi connectivity index (χ4v) is 2.97. The van der Waals surface area contributed by atoms with Gasteiger partial charge in [-0.1, -0.05) is 30.3 Å². The molecule has 5 heteroatoms. The van der Waals surface area contributed by atoms with Crippen LogP contribution in [0, 0.1) is 13.8 Å². The van der Waals surface area contributed by atoms with Gasteiger partial charge in [0.05, 0.1) is 5.69 Å². The van der Waals surface area contributed by atoms with E-state index in [1.165, 1.54) is 0 Å². The highest BCUT2D eigenvalue weighted by molar-refractivity contribution is 5.60. The number of rotatable bonds is 4. The van der Waals surface area contributed by atoms with Gasteiger partial charge >= 0.3 is 5.69 Å². The first-order valence-corrected chi connectivity index (χ1v) is 8.70. The zero-order valence-electron chi connectivity index (χ0n) is 15.1. The molecule has 0 atom stereocenters. The molecule has 27 heavy (non-hydrogen) atoms. The molecule has 0 bridgehead atoms. The van der Waals surface area contributed by atoms with E-state index in [9.17, 15) is 4.79 Å². The van der Waals surface area contributed by atoms with Crippen molar-refractivity contribution in [3.63, 3.8) is 0 Å². The minimum absolute atomic E-state index is 0.261. The van der Waals surface area contributed by atoms with Crippen LogP contribution in [-0.4, -0.2) is 14.8 Å². The van der Waals surface area contributed by atoms with Crippen molar-refractivity contribution in [1.82, 2.24) is 14.8 Å². The van der Waals surface area contributed by atoms with E-state index in [4.69, 9.17) is 4.74 Å². The summed E-state index contributed by atoms with van der Waals surface area (Å²) in [6.45, 7) is 3.98. The topological polar surface area (TPSA) is 59.9 Å². The Hall–Kier alpha value is -3.60. The lowest BCUT2D eigenvalue weighted by atomic mass is 10.1. The molecule has 5 nitrogen and oxygen atoms in total. The lowest BCUT2D eigenvalue weighted by Crippen LogP contribution is -2.16. The third-order valence-corrected chi connectivity index (χ3v) is 4.37. The van der Waals surface area contributed by atoms with Crippen molar-refractivity contribution in [3.05, 3.63) is 94.4 Å². The van der Waals surface area contributed by atoms with Crippen LogP contribution < -0.4 is 10.4 Å². The maximum Gasteiger partial charge on any atom is 0.348 e. The van der Waals surface area contributed by atoms with Crippen LogP contribution in [0.1, 0.15) is 11.1 Å². The largest absolute Gasteiger partial charge is 0.457 e. The summed E-state index contributed by atoms with van der Waals surface area (Å²) in [5.41, 5.74) is 3.49. The van der Waals surface area contributed by atoms with Gasteiger partial charge in [-0.25, -0.2) is 14.5 Å². The number of para-hydroxylation sites is 1. The van der Waals surface area contributed by atoms with Crippen molar-refractivity contribution in [2.24, 2.45) is 0 Å². The number of aromatic amines is 1. The molecule has 1 N–H and O–H groups in total. The van der Waals surface area contributed by atoms with Crippen LogP contribution in [0.2, 0.25) is 0 Å². The molecule has 0 radical (unpaired) electrons. The minimum atomic E-state index is -0.261. The van der Waals surface area contributed by atoms with Crippen molar-refractivity contribution in [2.75, 3.05) is 0 Å². The number of nitrogens with zero attached hydrogens (tertiary/aromatic N) is 2. The second-order valence-electron chi connectivity index (χ2n) is 6.42. The highest BCUT2D eigenvalue weighted by Crippen LogP contribution is 2.26. The molecular formula is C22H19N3O2. The van der Waals surface area contributed by atoms with Crippen molar-refractivity contribution >= 4 is 0 Å². The lowest BCUT2D eigenvalue weighted by molar-refractivity contribution is 0.483. The fraction of sp³-hybridized carbons (Fsp3) is 0.0909. The average Bonchev–Trinajstić information content (AvgIpc) is 3.06. The SMILES string of the molecule is Cc1ccc(C)c(-n2c(-c3ccc(Oc4ccccc4)cc3)n[nH]c2=O)c1. The van der Waals surface area contributed by atoms with Crippen LogP contribution in [-0.2, 0) is 0 Å². The van der Waals surface area contributed by atoms with Gasteiger partial charge in [-0.15, -0.1) is 0 Å². The molecule has 1 aromatic heterocycles. The van der Waals surface area contributed by atoms with E-state index >= 15 is 0 Å². The van der Waals surface area contributed by atoms with Gasteiger partial charge in [-0.05, 0) is 67.4 Å². The number of ether oxygens (including phenoxy) is 1. The zero-order chi connectivity index (χ0) is 18.8. The number of aryl methyl sites for hydroxylation is 2. The van der Waals surface area contributed by atoms with Gasteiger partial charge in [0, 0.05) is 5.56 Å². The molecule has 0 amide bonds. The van der Waals surface area contributed by atoms with Gasteiger partial charge in [0.1, 0.15) is 11.5 Å². The van der Waals surface area contributed by atoms with Gasteiger partial charge in [0.2, 0.25) is 0 Å². The third-order valence-electron chi connectivity index (χ3n) is 4.37. The molecule has 0 aliphatic rings. The average molecular weight is 357 g/mol. The number of hydrogen-bond donors (Lipinski definition) is 1. The quantitative estimate of drug-likeness (QED) is 0.579. The summed E-state index contributed by atoms with van der Waals surface area (Å²) in [5.74, 6) is 2.07. The van der Waals surface area contributed by atoms with E-state index in [2.05, 4.69) is 10.2 Å². The van der Waals surface area contributed by atoms with E-state index in [1.807, 2.05) is 86.6 Å². The molecule has 3 aromatic carbocycles. The van der Waals surface area contributed by atoms with Gasteiger partial charge in [-0.3, -0.25) is 0 Å². The zero-order valence-corrected chi connectivity index (χ0v) is 15.1. The number of H-pyrrole nitrogens is 1. The predicted molar refractivity (Wildman–Crippen MR) is 106 cm³/mol. The molecule has 134 valence electrons. The predicted octanol–water partition coefficient (Wildman–Crippen LogP) is 4.64. The molecule has 0 unspecified atom stereocenters. The Morgan fingerprint density at radius 1 is 0.889 bits per heavy atom. The summed E-state index contributed by atoms with van der Waals surface area (Å²) in [6, 6.07) is 23.2. The van der Waals surface area contributed by atoms with Crippen molar-refractivity contribution < 1.29 is 4.74 Å². The molecule has 0 aliphatic heterocycles. The maximum absolute atomic E-state index is 12.4. The molecule has 1 heterocycles. The number of benzene rings is 3. The van der Waals surface area contributed by atoms with E-state index in [1.54, 1.807) is 4.57 Å². The number of hydrogen-bond acceptors (Lipinski definition) is 3. The summed E-state index contributed by atoms with van der Waals surface area (Å²) in [4.78, 5) is 12.4. The highest BCUT2D eigenvalue weighted by Gasteiger charge is 2.14. The molecule has 4 aromatic rings. The Balaban J connectivity index is 1.71. The molecule has 4 rings (SSSR count). The van der Waals surface area contributed by atoms with E-state index in [0.29, 0.717) is 5.82 Å². The normalized spacial score (nSPS) is 10.7. The second kappa shape index (κ2) is 6.96. The first-order valence-electron chi connectivity index (χ1n) is 8.70. The van der Waals surface area contributed by atoms with Crippen LogP contribution in [0.5, 0.6) is 11.5 Å². The maximum atomic E-state index is 12.4. The van der Waals surface area contributed by atoms with Crippen LogP contribution in [0.15, 0.2) is 77.6 Å². The monoisotopic (exact) mass is 357 g/mol. The Labute approximate surface area is 156 Å². The Morgan fingerprint density at radius 3 is 2.33 bits per heavy atom. The van der Waals surface area contributed by atoms with Crippen LogP contribution in [0.25, 0.3) is 17.1 Å². The lowest BCUT2D eigenvalue weighted by Gasteiger charge is -2.11. The van der Waals surface area contributed by atoms with E-state index < -0.39 is 0 Å². The van der Waals surface area contributed by atoms with Crippen molar-refractivity contribution in [1.29, 1.82) is 0 Å². The van der Waals surface area contributed by atoms with Gasteiger partial charge in [0.15, 0.2) is 5.82 Å². The molecule has 0 aliphatic carbocycles. The van der Waals surface area contributed by atoms with Gasteiger partial charge < -0.3 is 4.74 Å². The fourth-order valence-electron chi connectivity index (χ4n) is 2.97. The van der Waals surface area contributed by atoms with Crippen LogP contribution in [0.3, 0.4) is 0 Å². The Kier molecular flexibility index (Phi) is 4.34. The van der Waals surface area contributed by atoms with E-state index in [-0.39, 0.29) is 5.69 Å². The van der Waals surface area contributed by atoms with Crippen LogP contribution in [0.4, 0.5) is 0 Å². The standard InChI is InChI=1S/C22H19N3O2/c1-15-8-9-16(2)20(14-15)25-21(23-24-22(25)26)17-10-12-19(13-11-17)27-18-6-4-3-5-7-18/h3-14H,1-2H3,(H,24,26). The number of aromatic nitrogens is 3. The van der Waals surface area contributed by atoms with Gasteiger partial charge in [0.25, 0.3) is 0 Å². The molecule has 0 saturated carbocycles. The summed E-state index contributed by atoms with van der Waals surface area (Å²) >= 11 is 0. The smallest absolute Gasteiger partial charge is 0.348 e.